The van der Waals surface area contributed by atoms with Crippen LogP contribution in [0, 0.1) is 0 Å². The molecule has 0 saturated heterocycles. The van der Waals surface area contributed by atoms with Crippen molar-refractivity contribution in [3.63, 3.8) is 0 Å². The second-order valence-corrected chi connectivity index (χ2v) is 4.87. The van der Waals surface area contributed by atoms with Crippen molar-refractivity contribution in [3.8, 4) is 0 Å². The molecule has 0 atom stereocenters. The largest absolute Gasteiger partial charge is 0.454 e. The van der Waals surface area contributed by atoms with Crippen LogP contribution in [0.25, 0.3) is 0 Å². The minimum Gasteiger partial charge on any atom is -0.454 e. The van der Waals surface area contributed by atoms with Crippen molar-refractivity contribution < 1.29 is 9.53 Å². The average molecular weight is 321 g/mol. The molecule has 7 heteroatoms. The number of hydrogen-bond donors (Lipinski definition) is 2. The van der Waals surface area contributed by atoms with Gasteiger partial charge in [0.1, 0.15) is 0 Å². The summed E-state index contributed by atoms with van der Waals surface area (Å²) in [7, 11) is 0. The molecule has 3 N–H and O–H groups in total. The molecular weight excluding hydrogens is 306 g/mol. The van der Waals surface area contributed by atoms with Gasteiger partial charge in [0, 0.05) is 5.69 Å². The molecule has 0 fully saturated rings. The number of esters is 1. The van der Waals surface area contributed by atoms with Crippen LogP contribution in [-0.4, -0.2) is 20.9 Å². The van der Waals surface area contributed by atoms with E-state index in [1.54, 1.807) is 24.3 Å². The molecule has 0 saturated carbocycles. The lowest BCUT2D eigenvalue weighted by molar-refractivity contribution is 0.0462. The lowest BCUT2D eigenvalue weighted by Crippen LogP contribution is -2.11. The molecule has 3 rings (SSSR count). The fourth-order valence-electron chi connectivity index (χ4n) is 2.00. The number of para-hydroxylation sites is 1. The van der Waals surface area contributed by atoms with Gasteiger partial charge < -0.3 is 15.8 Å². The Balaban J connectivity index is 1.69. The van der Waals surface area contributed by atoms with E-state index < -0.39 is 5.97 Å². The van der Waals surface area contributed by atoms with Gasteiger partial charge >= 0.3 is 5.97 Å². The Kier molecular flexibility index (Phi) is 4.62. The van der Waals surface area contributed by atoms with Gasteiger partial charge in [-0.25, -0.2) is 4.79 Å². The topological polar surface area (TPSA) is 103 Å². The number of nitrogens with two attached hydrogens (primary N) is 1. The van der Waals surface area contributed by atoms with E-state index >= 15 is 0 Å². The van der Waals surface area contributed by atoms with Gasteiger partial charge in [0.2, 0.25) is 11.9 Å². The molecule has 0 spiro atoms. The first-order valence-electron chi connectivity index (χ1n) is 7.25. The Hall–Kier alpha value is -3.48. The van der Waals surface area contributed by atoms with Gasteiger partial charge in [-0.2, -0.15) is 15.0 Å². The first-order chi connectivity index (χ1) is 11.7. The average Bonchev–Trinajstić information content (AvgIpc) is 2.61. The number of benzene rings is 2. The van der Waals surface area contributed by atoms with E-state index in [0.717, 1.165) is 5.69 Å². The van der Waals surface area contributed by atoms with Crippen molar-refractivity contribution >= 4 is 23.6 Å². The zero-order chi connectivity index (χ0) is 16.8. The normalized spacial score (nSPS) is 10.2. The number of nitrogens with zero attached hydrogens (tertiary/aromatic N) is 3. The predicted molar refractivity (Wildman–Crippen MR) is 89.5 cm³/mol. The van der Waals surface area contributed by atoms with E-state index in [2.05, 4.69) is 20.3 Å². The van der Waals surface area contributed by atoms with E-state index in [4.69, 9.17) is 10.5 Å². The number of nitrogens with one attached hydrogen (secondary N) is 1. The van der Waals surface area contributed by atoms with Crippen LogP contribution in [-0.2, 0) is 11.3 Å². The fraction of sp³-hybridized carbons (Fsp3) is 0.0588. The van der Waals surface area contributed by atoms with Gasteiger partial charge in [-0.15, -0.1) is 0 Å². The maximum atomic E-state index is 11.9. The molecule has 1 aromatic heterocycles. The summed E-state index contributed by atoms with van der Waals surface area (Å²) >= 11 is 0. The third kappa shape index (κ3) is 4.04. The van der Waals surface area contributed by atoms with Crippen LogP contribution in [0.1, 0.15) is 16.2 Å². The zero-order valence-corrected chi connectivity index (χ0v) is 12.7. The van der Waals surface area contributed by atoms with Crippen LogP contribution in [0.5, 0.6) is 0 Å². The number of nitrogen functional groups attached to an aromatic ring is 1. The molecule has 120 valence electrons. The summed E-state index contributed by atoms with van der Waals surface area (Å²) in [6, 6.07) is 18.1. The van der Waals surface area contributed by atoms with Crippen LogP contribution >= 0.6 is 0 Å². The molecule has 2 aromatic carbocycles. The quantitative estimate of drug-likeness (QED) is 0.696. The van der Waals surface area contributed by atoms with Gasteiger partial charge in [-0.3, -0.25) is 0 Å². The molecule has 0 aliphatic carbocycles. The Labute approximate surface area is 138 Å². The number of hydrogen-bond acceptors (Lipinski definition) is 7. The molecule has 7 nitrogen and oxygen atoms in total. The Morgan fingerprint density at radius 3 is 2.33 bits per heavy atom. The van der Waals surface area contributed by atoms with Gasteiger partial charge in [-0.05, 0) is 24.3 Å². The van der Waals surface area contributed by atoms with E-state index in [0.29, 0.717) is 11.5 Å². The summed E-state index contributed by atoms with van der Waals surface area (Å²) in [6.07, 6.45) is 0. The SMILES string of the molecule is Nc1nc(COC(=O)c2ccccc2)nc(Nc2ccccc2)n1. The number of anilines is 3. The minimum atomic E-state index is -0.452. The van der Waals surface area contributed by atoms with Crippen LogP contribution in [0.4, 0.5) is 17.6 Å². The molecule has 0 amide bonds. The number of carbonyl (C=O) groups is 1. The molecule has 0 aliphatic rings. The number of aromatic nitrogens is 3. The zero-order valence-electron chi connectivity index (χ0n) is 12.7. The van der Waals surface area contributed by atoms with Crippen molar-refractivity contribution in [2.45, 2.75) is 6.61 Å². The number of carbonyl (C=O) groups excluding carboxylic acids is 1. The Morgan fingerprint density at radius 1 is 0.958 bits per heavy atom. The van der Waals surface area contributed by atoms with Crippen molar-refractivity contribution in [3.05, 3.63) is 72.1 Å². The van der Waals surface area contributed by atoms with Crippen LogP contribution in [0.2, 0.25) is 0 Å². The molecule has 0 unspecified atom stereocenters. The maximum Gasteiger partial charge on any atom is 0.338 e. The smallest absolute Gasteiger partial charge is 0.338 e. The predicted octanol–water partition coefficient (Wildman–Crippen LogP) is 2.55. The van der Waals surface area contributed by atoms with Crippen molar-refractivity contribution in [1.29, 1.82) is 0 Å². The fourth-order valence-corrected chi connectivity index (χ4v) is 2.00. The molecular formula is C17H15N5O2. The van der Waals surface area contributed by atoms with Crippen LogP contribution < -0.4 is 11.1 Å². The molecule has 0 aliphatic heterocycles. The van der Waals surface area contributed by atoms with Crippen molar-refractivity contribution in [2.24, 2.45) is 0 Å². The summed E-state index contributed by atoms with van der Waals surface area (Å²) in [5, 5.41) is 3.02. The second-order valence-electron chi connectivity index (χ2n) is 4.87. The van der Waals surface area contributed by atoms with Gasteiger partial charge in [-0.1, -0.05) is 36.4 Å². The highest BCUT2D eigenvalue weighted by molar-refractivity contribution is 5.89. The lowest BCUT2D eigenvalue weighted by atomic mass is 10.2. The van der Waals surface area contributed by atoms with Gasteiger partial charge in [0.05, 0.1) is 5.56 Å². The van der Waals surface area contributed by atoms with Gasteiger partial charge in [0.15, 0.2) is 12.4 Å². The highest BCUT2D eigenvalue weighted by atomic mass is 16.5. The first-order valence-corrected chi connectivity index (χ1v) is 7.25. The summed E-state index contributed by atoms with van der Waals surface area (Å²) < 4.78 is 5.20. The molecule has 1 heterocycles. The van der Waals surface area contributed by atoms with E-state index in [-0.39, 0.29) is 18.4 Å². The standard InChI is InChI=1S/C17H15N5O2/c18-16-20-14(11-24-15(23)12-7-3-1-4-8-12)21-17(22-16)19-13-9-5-2-6-10-13/h1-10H,11H2,(H3,18,19,20,21,22). The number of ether oxygens (including phenoxy) is 1. The molecule has 0 bridgehead atoms. The summed E-state index contributed by atoms with van der Waals surface area (Å²) in [5.74, 6) is 0.158. The van der Waals surface area contributed by atoms with Crippen LogP contribution in [0.15, 0.2) is 60.7 Å². The van der Waals surface area contributed by atoms with Crippen molar-refractivity contribution in [2.75, 3.05) is 11.1 Å². The Bertz CT molecular complexity index is 825. The highest BCUT2D eigenvalue weighted by Crippen LogP contribution is 2.13. The lowest BCUT2D eigenvalue weighted by Gasteiger charge is -2.08. The summed E-state index contributed by atoms with van der Waals surface area (Å²) in [5.41, 5.74) is 6.96. The monoisotopic (exact) mass is 321 g/mol. The molecule has 0 radical (unpaired) electrons. The molecule has 24 heavy (non-hydrogen) atoms. The second kappa shape index (κ2) is 7.19. The summed E-state index contributed by atoms with van der Waals surface area (Å²) in [6.45, 7) is -0.0933. The third-order valence-corrected chi connectivity index (χ3v) is 3.07. The van der Waals surface area contributed by atoms with E-state index in [1.165, 1.54) is 0 Å². The van der Waals surface area contributed by atoms with E-state index in [9.17, 15) is 4.79 Å². The summed E-state index contributed by atoms with van der Waals surface area (Å²) in [4.78, 5) is 24.1. The minimum absolute atomic E-state index is 0.0502. The highest BCUT2D eigenvalue weighted by Gasteiger charge is 2.10. The Morgan fingerprint density at radius 2 is 1.62 bits per heavy atom. The van der Waals surface area contributed by atoms with E-state index in [1.807, 2.05) is 36.4 Å². The third-order valence-electron chi connectivity index (χ3n) is 3.07. The van der Waals surface area contributed by atoms with Gasteiger partial charge in [0.25, 0.3) is 0 Å². The first kappa shape index (κ1) is 15.4. The van der Waals surface area contributed by atoms with Crippen molar-refractivity contribution in [1.82, 2.24) is 15.0 Å². The molecule has 3 aromatic rings. The maximum absolute atomic E-state index is 11.9. The van der Waals surface area contributed by atoms with Crippen LogP contribution in [0.3, 0.4) is 0 Å². The number of rotatable bonds is 5.